The molecule has 0 aliphatic heterocycles. The van der Waals surface area contributed by atoms with Crippen LogP contribution >= 0.6 is 15.9 Å². The minimum Gasteiger partial charge on any atom is -0.493 e. The number of hydrogen-bond donors (Lipinski definition) is 1. The van der Waals surface area contributed by atoms with Crippen molar-refractivity contribution in [2.45, 2.75) is 38.6 Å². The number of hydrogen-bond acceptors (Lipinski definition) is 2. The van der Waals surface area contributed by atoms with Crippen LogP contribution in [0.4, 0.5) is 0 Å². The number of nitrogens with one attached hydrogen (secondary N) is 1. The van der Waals surface area contributed by atoms with Gasteiger partial charge in [0.1, 0.15) is 5.75 Å². The van der Waals surface area contributed by atoms with Crippen molar-refractivity contribution in [1.29, 1.82) is 0 Å². The first-order chi connectivity index (χ1) is 8.25. The van der Waals surface area contributed by atoms with Gasteiger partial charge in [-0.3, -0.25) is 0 Å². The molecule has 0 saturated heterocycles. The van der Waals surface area contributed by atoms with Gasteiger partial charge in [-0.15, -0.1) is 0 Å². The number of ether oxygens (including phenoxy) is 1. The Morgan fingerprint density at radius 2 is 2.18 bits per heavy atom. The molecule has 1 aromatic carbocycles. The topological polar surface area (TPSA) is 21.3 Å². The van der Waals surface area contributed by atoms with Gasteiger partial charge in [0.15, 0.2) is 0 Å². The fourth-order valence-corrected chi connectivity index (χ4v) is 2.07. The summed E-state index contributed by atoms with van der Waals surface area (Å²) in [5, 5.41) is 3.51. The molecule has 2 nitrogen and oxygen atoms in total. The van der Waals surface area contributed by atoms with Crippen LogP contribution in [0.2, 0.25) is 0 Å². The van der Waals surface area contributed by atoms with E-state index in [2.05, 4.69) is 34.2 Å². The monoisotopic (exact) mass is 297 g/mol. The number of rotatable bonds is 7. The largest absolute Gasteiger partial charge is 0.493 e. The molecule has 0 bridgehead atoms. The minimum atomic E-state index is 0.809. The molecule has 1 aliphatic rings. The highest BCUT2D eigenvalue weighted by Crippen LogP contribution is 2.23. The molecule has 0 unspecified atom stereocenters. The molecule has 0 atom stereocenters. The Balaban J connectivity index is 1.61. The highest BCUT2D eigenvalue weighted by atomic mass is 79.9. The quantitative estimate of drug-likeness (QED) is 0.776. The van der Waals surface area contributed by atoms with E-state index in [1.807, 2.05) is 12.1 Å². The third kappa shape index (κ3) is 4.68. The number of halogens is 1. The van der Waals surface area contributed by atoms with Crippen molar-refractivity contribution in [3.8, 4) is 5.75 Å². The maximum absolute atomic E-state index is 5.78. The van der Waals surface area contributed by atoms with Crippen LogP contribution in [0, 0.1) is 6.92 Å². The van der Waals surface area contributed by atoms with Gasteiger partial charge in [0.2, 0.25) is 0 Å². The lowest BCUT2D eigenvalue weighted by atomic mass is 10.2. The van der Waals surface area contributed by atoms with Crippen molar-refractivity contribution in [3.05, 3.63) is 28.2 Å². The lowest BCUT2D eigenvalue weighted by Crippen LogP contribution is -2.17. The predicted molar refractivity (Wildman–Crippen MR) is 74.6 cm³/mol. The lowest BCUT2D eigenvalue weighted by Gasteiger charge is -2.09. The zero-order valence-electron chi connectivity index (χ0n) is 10.3. The van der Waals surface area contributed by atoms with E-state index in [1.165, 1.54) is 24.8 Å². The summed E-state index contributed by atoms with van der Waals surface area (Å²) >= 11 is 3.46. The van der Waals surface area contributed by atoms with Gasteiger partial charge >= 0.3 is 0 Å². The first-order valence-corrected chi connectivity index (χ1v) is 7.17. The summed E-state index contributed by atoms with van der Waals surface area (Å²) < 4.78 is 6.86. The van der Waals surface area contributed by atoms with E-state index in [0.717, 1.165) is 35.8 Å². The van der Waals surface area contributed by atoms with E-state index < -0.39 is 0 Å². The van der Waals surface area contributed by atoms with E-state index in [1.54, 1.807) is 0 Å². The Labute approximate surface area is 112 Å². The molecule has 1 aliphatic carbocycles. The molecule has 0 amide bonds. The first-order valence-electron chi connectivity index (χ1n) is 6.38. The molecule has 1 saturated carbocycles. The molecule has 1 aromatic rings. The number of benzene rings is 1. The van der Waals surface area contributed by atoms with Gasteiger partial charge in [-0.25, -0.2) is 0 Å². The zero-order chi connectivity index (χ0) is 12.1. The Morgan fingerprint density at radius 3 is 2.94 bits per heavy atom. The van der Waals surface area contributed by atoms with Gasteiger partial charge in [0.05, 0.1) is 6.61 Å². The maximum atomic E-state index is 5.78. The summed E-state index contributed by atoms with van der Waals surface area (Å²) in [6.45, 7) is 4.02. The van der Waals surface area contributed by atoms with Crippen molar-refractivity contribution >= 4 is 15.9 Å². The zero-order valence-corrected chi connectivity index (χ0v) is 11.9. The molecular weight excluding hydrogens is 278 g/mol. The number of aryl methyl sites for hydroxylation is 1. The van der Waals surface area contributed by atoms with Crippen LogP contribution < -0.4 is 10.1 Å². The fourth-order valence-electron chi connectivity index (χ4n) is 1.73. The summed E-state index contributed by atoms with van der Waals surface area (Å²) in [7, 11) is 0. The van der Waals surface area contributed by atoms with E-state index in [-0.39, 0.29) is 0 Å². The van der Waals surface area contributed by atoms with Crippen molar-refractivity contribution in [2.24, 2.45) is 0 Å². The van der Waals surface area contributed by atoms with Gasteiger partial charge < -0.3 is 10.1 Å². The van der Waals surface area contributed by atoms with Gasteiger partial charge in [-0.2, -0.15) is 0 Å². The molecule has 1 N–H and O–H groups in total. The van der Waals surface area contributed by atoms with Crippen LogP contribution in [0.1, 0.15) is 31.2 Å². The molecule has 17 heavy (non-hydrogen) atoms. The van der Waals surface area contributed by atoms with Gasteiger partial charge in [-0.05, 0) is 56.8 Å². The van der Waals surface area contributed by atoms with Crippen LogP contribution in [0.5, 0.6) is 5.75 Å². The second-order valence-electron chi connectivity index (χ2n) is 4.69. The minimum absolute atomic E-state index is 0.809. The molecule has 3 heteroatoms. The van der Waals surface area contributed by atoms with Crippen molar-refractivity contribution in [1.82, 2.24) is 5.32 Å². The van der Waals surface area contributed by atoms with Crippen LogP contribution in [-0.4, -0.2) is 19.2 Å². The van der Waals surface area contributed by atoms with E-state index >= 15 is 0 Å². The smallest absolute Gasteiger partial charge is 0.123 e. The third-order valence-corrected chi connectivity index (χ3v) is 3.48. The van der Waals surface area contributed by atoms with Crippen molar-refractivity contribution in [2.75, 3.05) is 13.2 Å². The summed E-state index contributed by atoms with van der Waals surface area (Å²) in [4.78, 5) is 0. The molecule has 0 radical (unpaired) electrons. The van der Waals surface area contributed by atoms with E-state index in [4.69, 9.17) is 4.74 Å². The van der Waals surface area contributed by atoms with E-state index in [0.29, 0.717) is 0 Å². The average molecular weight is 298 g/mol. The summed E-state index contributed by atoms with van der Waals surface area (Å²) in [6, 6.07) is 6.98. The molecule has 94 valence electrons. The maximum Gasteiger partial charge on any atom is 0.123 e. The third-order valence-electron chi connectivity index (χ3n) is 2.99. The van der Waals surface area contributed by atoms with Gasteiger partial charge in [0.25, 0.3) is 0 Å². The van der Waals surface area contributed by atoms with Crippen LogP contribution in [0.25, 0.3) is 0 Å². The molecular formula is C14H20BrNO. The second-order valence-corrected chi connectivity index (χ2v) is 5.61. The van der Waals surface area contributed by atoms with Crippen LogP contribution in [0.3, 0.4) is 0 Å². The molecule has 0 aromatic heterocycles. The molecule has 0 spiro atoms. The Kier molecular flexibility index (Phi) is 4.86. The van der Waals surface area contributed by atoms with E-state index in [9.17, 15) is 0 Å². The Bertz CT molecular complexity index is 363. The molecule has 1 fully saturated rings. The standard InChI is InChI=1S/C14H20BrNO/c1-11-4-5-12(15)10-14(11)17-9-3-2-8-16-13-6-7-13/h4-5,10,13,16H,2-3,6-9H2,1H3. The summed E-state index contributed by atoms with van der Waals surface area (Å²) in [5.41, 5.74) is 1.20. The average Bonchev–Trinajstić information content (AvgIpc) is 3.11. The lowest BCUT2D eigenvalue weighted by molar-refractivity contribution is 0.303. The van der Waals surface area contributed by atoms with Crippen molar-refractivity contribution < 1.29 is 4.74 Å². The normalized spacial score (nSPS) is 14.9. The van der Waals surface area contributed by atoms with Crippen molar-refractivity contribution in [3.63, 3.8) is 0 Å². The Morgan fingerprint density at radius 1 is 1.35 bits per heavy atom. The Hall–Kier alpha value is -0.540. The SMILES string of the molecule is Cc1ccc(Br)cc1OCCCCNC1CC1. The summed E-state index contributed by atoms with van der Waals surface area (Å²) in [6.07, 6.45) is 5.05. The first kappa shape index (κ1) is 12.9. The van der Waals surface area contributed by atoms with Crippen LogP contribution in [-0.2, 0) is 0 Å². The summed E-state index contributed by atoms with van der Waals surface area (Å²) in [5.74, 6) is 0.995. The highest BCUT2D eigenvalue weighted by molar-refractivity contribution is 9.10. The molecule has 2 rings (SSSR count). The fraction of sp³-hybridized carbons (Fsp3) is 0.571. The molecule has 0 heterocycles. The van der Waals surface area contributed by atoms with Crippen LogP contribution in [0.15, 0.2) is 22.7 Å². The number of unbranched alkanes of at least 4 members (excludes halogenated alkanes) is 1. The second kappa shape index (κ2) is 6.41. The predicted octanol–water partition coefficient (Wildman–Crippen LogP) is 3.67. The van der Waals surface area contributed by atoms with Gasteiger partial charge in [-0.1, -0.05) is 22.0 Å². The highest BCUT2D eigenvalue weighted by Gasteiger charge is 2.19. The van der Waals surface area contributed by atoms with Gasteiger partial charge in [0, 0.05) is 10.5 Å².